The summed E-state index contributed by atoms with van der Waals surface area (Å²) in [5.41, 5.74) is 3.35. The van der Waals surface area contributed by atoms with Crippen LogP contribution in [0.3, 0.4) is 0 Å². The van der Waals surface area contributed by atoms with Gasteiger partial charge in [-0.15, -0.1) is 0 Å². The molecule has 1 unspecified atom stereocenters. The summed E-state index contributed by atoms with van der Waals surface area (Å²) in [5, 5.41) is 10.0. The van der Waals surface area contributed by atoms with Gasteiger partial charge in [0.15, 0.2) is 0 Å². The van der Waals surface area contributed by atoms with E-state index in [1.165, 1.54) is 5.69 Å². The zero-order valence-electron chi connectivity index (χ0n) is 10.5. The van der Waals surface area contributed by atoms with Gasteiger partial charge in [0, 0.05) is 31.0 Å². The molecule has 0 aliphatic carbocycles. The molecule has 0 saturated carbocycles. The molecule has 18 heavy (non-hydrogen) atoms. The summed E-state index contributed by atoms with van der Waals surface area (Å²) in [4.78, 5) is 6.45. The molecule has 2 heterocycles. The lowest BCUT2D eigenvalue weighted by Gasteiger charge is -2.33. The fraction of sp³-hybridized carbons (Fsp3) is 0.357. The van der Waals surface area contributed by atoms with E-state index in [9.17, 15) is 5.11 Å². The van der Waals surface area contributed by atoms with Crippen LogP contribution in [0.25, 0.3) is 0 Å². The first-order valence-corrected chi connectivity index (χ1v) is 6.23. The normalized spacial score (nSPS) is 18.8. The van der Waals surface area contributed by atoms with Crippen molar-refractivity contribution in [1.82, 2.24) is 9.55 Å². The molecule has 3 rings (SSSR count). The topological polar surface area (TPSA) is 41.3 Å². The van der Waals surface area contributed by atoms with E-state index in [1.54, 1.807) is 0 Å². The molecule has 1 aromatic heterocycles. The van der Waals surface area contributed by atoms with Crippen molar-refractivity contribution < 1.29 is 5.11 Å². The summed E-state index contributed by atoms with van der Waals surface area (Å²) in [5.74, 6) is 0. The van der Waals surface area contributed by atoms with Crippen molar-refractivity contribution in [3.8, 4) is 0 Å². The molecule has 1 aliphatic rings. The zero-order chi connectivity index (χ0) is 12.5. The Hall–Kier alpha value is -1.81. The van der Waals surface area contributed by atoms with E-state index >= 15 is 0 Å². The van der Waals surface area contributed by atoms with Gasteiger partial charge in [-0.25, -0.2) is 4.98 Å². The Morgan fingerprint density at radius 1 is 1.39 bits per heavy atom. The number of imidazole rings is 1. The average molecular weight is 243 g/mol. The first-order chi connectivity index (χ1) is 8.75. The number of aliphatic hydroxyl groups is 1. The first kappa shape index (κ1) is 11.3. The van der Waals surface area contributed by atoms with E-state index in [1.807, 2.05) is 42.3 Å². The molecule has 1 N–H and O–H groups in total. The molecule has 94 valence electrons. The molecule has 2 aromatic rings. The van der Waals surface area contributed by atoms with Crippen molar-refractivity contribution in [3.63, 3.8) is 0 Å². The van der Waals surface area contributed by atoms with E-state index in [4.69, 9.17) is 0 Å². The number of fused-ring (bicyclic) bond motifs is 1. The van der Waals surface area contributed by atoms with Crippen LogP contribution in [-0.2, 0) is 13.6 Å². The van der Waals surface area contributed by atoms with Gasteiger partial charge in [-0.2, -0.15) is 0 Å². The minimum absolute atomic E-state index is 0.330. The van der Waals surface area contributed by atoms with Crippen LogP contribution in [0.2, 0.25) is 0 Å². The molecule has 0 radical (unpaired) electrons. The number of aliphatic hydroxyl groups excluding tert-OH is 1. The fourth-order valence-electron chi connectivity index (χ4n) is 2.51. The number of aromatic nitrogens is 2. The molecule has 4 heteroatoms. The quantitative estimate of drug-likeness (QED) is 0.875. The second-order valence-corrected chi connectivity index (χ2v) is 4.78. The molecule has 1 aromatic carbocycles. The molecule has 0 spiro atoms. The largest absolute Gasteiger partial charge is 0.388 e. The van der Waals surface area contributed by atoms with Crippen molar-refractivity contribution in [2.45, 2.75) is 19.1 Å². The number of aryl methyl sites for hydroxylation is 1. The molecule has 0 fully saturated rings. The lowest BCUT2D eigenvalue weighted by Crippen LogP contribution is -2.31. The number of hydrogen-bond acceptors (Lipinski definition) is 3. The fourth-order valence-corrected chi connectivity index (χ4v) is 2.51. The van der Waals surface area contributed by atoms with Gasteiger partial charge in [-0.05, 0) is 12.5 Å². The molecule has 0 amide bonds. The summed E-state index contributed by atoms with van der Waals surface area (Å²) >= 11 is 0. The van der Waals surface area contributed by atoms with Gasteiger partial charge in [0.05, 0.1) is 24.7 Å². The van der Waals surface area contributed by atoms with Gasteiger partial charge in [-0.3, -0.25) is 0 Å². The molecule has 1 atom stereocenters. The third kappa shape index (κ3) is 1.88. The van der Waals surface area contributed by atoms with Crippen LogP contribution in [0.5, 0.6) is 0 Å². The van der Waals surface area contributed by atoms with Crippen LogP contribution in [0, 0.1) is 0 Å². The zero-order valence-corrected chi connectivity index (χ0v) is 10.5. The highest BCUT2D eigenvalue weighted by Gasteiger charge is 2.23. The Kier molecular flexibility index (Phi) is 2.80. The van der Waals surface area contributed by atoms with E-state index in [0.29, 0.717) is 0 Å². The van der Waals surface area contributed by atoms with Crippen LogP contribution in [0.15, 0.2) is 36.8 Å². The van der Waals surface area contributed by atoms with Crippen LogP contribution in [-0.4, -0.2) is 21.2 Å². The van der Waals surface area contributed by atoms with Gasteiger partial charge in [0.1, 0.15) is 0 Å². The number of para-hydroxylation sites is 1. The molecular weight excluding hydrogens is 226 g/mol. The van der Waals surface area contributed by atoms with Crippen LogP contribution in [0.1, 0.15) is 23.8 Å². The summed E-state index contributed by atoms with van der Waals surface area (Å²) in [6.07, 6.45) is 4.17. The first-order valence-electron chi connectivity index (χ1n) is 6.23. The molecular formula is C14H17N3O. The Morgan fingerprint density at radius 2 is 2.22 bits per heavy atom. The van der Waals surface area contributed by atoms with Gasteiger partial charge in [0.2, 0.25) is 0 Å². The van der Waals surface area contributed by atoms with Gasteiger partial charge in [-0.1, -0.05) is 18.2 Å². The second-order valence-electron chi connectivity index (χ2n) is 4.78. The molecule has 0 saturated heterocycles. The molecule has 4 nitrogen and oxygen atoms in total. The molecule has 1 aliphatic heterocycles. The number of benzene rings is 1. The van der Waals surface area contributed by atoms with Crippen molar-refractivity contribution in [1.29, 1.82) is 0 Å². The van der Waals surface area contributed by atoms with Crippen molar-refractivity contribution in [2.24, 2.45) is 7.05 Å². The van der Waals surface area contributed by atoms with Crippen LogP contribution in [0.4, 0.5) is 5.69 Å². The summed E-state index contributed by atoms with van der Waals surface area (Å²) in [6, 6.07) is 8.09. The second kappa shape index (κ2) is 4.46. The van der Waals surface area contributed by atoms with E-state index in [0.717, 1.165) is 30.8 Å². The standard InChI is InChI=1S/C14H17N3O/c1-16-10-15-8-11(16)9-17-7-6-14(18)12-4-2-3-5-13(12)17/h2-5,8,10,14,18H,6-7,9H2,1H3. The van der Waals surface area contributed by atoms with Crippen LogP contribution < -0.4 is 4.90 Å². The third-order valence-electron chi connectivity index (χ3n) is 3.58. The van der Waals surface area contributed by atoms with Crippen molar-refractivity contribution in [3.05, 3.63) is 48.0 Å². The lowest BCUT2D eigenvalue weighted by molar-refractivity contribution is 0.164. The highest BCUT2D eigenvalue weighted by atomic mass is 16.3. The van der Waals surface area contributed by atoms with E-state index in [2.05, 4.69) is 16.0 Å². The van der Waals surface area contributed by atoms with Crippen LogP contribution >= 0.6 is 0 Å². The highest BCUT2D eigenvalue weighted by Crippen LogP contribution is 2.34. The maximum Gasteiger partial charge on any atom is 0.0946 e. The summed E-state index contributed by atoms with van der Waals surface area (Å²) < 4.78 is 2.04. The lowest BCUT2D eigenvalue weighted by atomic mass is 9.99. The Balaban J connectivity index is 1.91. The minimum atomic E-state index is -0.330. The molecule has 0 bridgehead atoms. The number of hydrogen-bond donors (Lipinski definition) is 1. The number of rotatable bonds is 2. The summed E-state index contributed by atoms with van der Waals surface area (Å²) in [6.45, 7) is 1.71. The van der Waals surface area contributed by atoms with Gasteiger partial charge in [0.25, 0.3) is 0 Å². The average Bonchev–Trinajstić information content (AvgIpc) is 2.79. The predicted octanol–water partition coefficient (Wildman–Crippen LogP) is 1.86. The van der Waals surface area contributed by atoms with Crippen molar-refractivity contribution in [2.75, 3.05) is 11.4 Å². The number of anilines is 1. The third-order valence-corrected chi connectivity index (χ3v) is 3.58. The highest BCUT2D eigenvalue weighted by molar-refractivity contribution is 5.56. The van der Waals surface area contributed by atoms with Crippen molar-refractivity contribution >= 4 is 5.69 Å². The van der Waals surface area contributed by atoms with Gasteiger partial charge >= 0.3 is 0 Å². The SMILES string of the molecule is Cn1cncc1CN1CCC(O)c2ccccc21. The minimum Gasteiger partial charge on any atom is -0.388 e. The van der Waals surface area contributed by atoms with Gasteiger partial charge < -0.3 is 14.6 Å². The Morgan fingerprint density at radius 3 is 3.00 bits per heavy atom. The smallest absolute Gasteiger partial charge is 0.0946 e. The summed E-state index contributed by atoms with van der Waals surface area (Å²) in [7, 11) is 2.01. The maximum atomic E-state index is 10.0. The maximum absolute atomic E-state index is 10.0. The Bertz CT molecular complexity index is 549. The predicted molar refractivity (Wildman–Crippen MR) is 70.3 cm³/mol. The van der Waals surface area contributed by atoms with E-state index < -0.39 is 0 Å². The number of nitrogens with zero attached hydrogens (tertiary/aromatic N) is 3. The van der Waals surface area contributed by atoms with E-state index in [-0.39, 0.29) is 6.10 Å². The Labute approximate surface area is 107 Å². The monoisotopic (exact) mass is 243 g/mol.